The zero-order chi connectivity index (χ0) is 13.2. The van der Waals surface area contributed by atoms with Gasteiger partial charge in [0, 0.05) is 5.39 Å². The third kappa shape index (κ3) is 2.38. The maximum Gasteiger partial charge on any atom is 0.176 e. The molecule has 3 nitrogen and oxygen atoms in total. The lowest BCUT2D eigenvalue weighted by Gasteiger charge is -2.03. The lowest BCUT2D eigenvalue weighted by atomic mass is 10.2. The molecule has 0 saturated carbocycles. The van der Waals surface area contributed by atoms with E-state index >= 15 is 0 Å². The Balaban J connectivity index is 1.78. The molecule has 1 heterocycles. The lowest BCUT2D eigenvalue weighted by Crippen LogP contribution is -1.93. The molecule has 0 aliphatic carbocycles. The largest absolute Gasteiger partial charge is 0.504 e. The summed E-state index contributed by atoms with van der Waals surface area (Å²) in [5, 5.41) is 10.4. The van der Waals surface area contributed by atoms with Gasteiger partial charge in [0.1, 0.15) is 23.9 Å². The number of ether oxygens (including phenoxy) is 1. The van der Waals surface area contributed by atoms with Gasteiger partial charge in [-0.1, -0.05) is 12.1 Å². The molecule has 0 spiro atoms. The van der Waals surface area contributed by atoms with Crippen LogP contribution in [0.4, 0.5) is 4.39 Å². The number of furan rings is 1. The monoisotopic (exact) mass is 258 g/mol. The van der Waals surface area contributed by atoms with Crippen molar-refractivity contribution in [3.05, 3.63) is 60.1 Å². The van der Waals surface area contributed by atoms with Crippen LogP contribution in [-0.4, -0.2) is 5.11 Å². The molecule has 0 bridgehead atoms. The van der Waals surface area contributed by atoms with Gasteiger partial charge in [-0.2, -0.15) is 0 Å². The van der Waals surface area contributed by atoms with Gasteiger partial charge in [-0.05, 0) is 36.4 Å². The van der Waals surface area contributed by atoms with Gasteiger partial charge in [0.25, 0.3) is 0 Å². The molecule has 0 radical (unpaired) electrons. The van der Waals surface area contributed by atoms with Crippen molar-refractivity contribution in [3.63, 3.8) is 0 Å². The Kier molecular flexibility index (Phi) is 2.83. The predicted octanol–water partition coefficient (Wildman–Crippen LogP) is 3.86. The molecule has 0 unspecified atom stereocenters. The van der Waals surface area contributed by atoms with Crippen LogP contribution in [0, 0.1) is 5.82 Å². The van der Waals surface area contributed by atoms with Crippen LogP contribution in [0.2, 0.25) is 0 Å². The van der Waals surface area contributed by atoms with E-state index in [-0.39, 0.29) is 18.2 Å². The first kappa shape index (κ1) is 11.6. The zero-order valence-corrected chi connectivity index (χ0v) is 9.97. The van der Waals surface area contributed by atoms with Crippen molar-refractivity contribution in [1.82, 2.24) is 0 Å². The number of benzene rings is 2. The normalized spacial score (nSPS) is 10.8. The second-order valence-electron chi connectivity index (χ2n) is 4.15. The fraction of sp³-hybridized carbons (Fsp3) is 0.0667. The van der Waals surface area contributed by atoms with Crippen LogP contribution in [0.25, 0.3) is 11.0 Å². The number of phenols is 1. The predicted molar refractivity (Wildman–Crippen MR) is 68.6 cm³/mol. The minimum Gasteiger partial charge on any atom is -0.504 e. The number of halogens is 1. The summed E-state index contributed by atoms with van der Waals surface area (Å²) >= 11 is 0. The van der Waals surface area contributed by atoms with E-state index in [1.807, 2.05) is 6.07 Å². The molecule has 0 amide bonds. The maximum atomic E-state index is 12.7. The number of fused-ring (bicyclic) bond motifs is 1. The molecule has 0 aliphatic heterocycles. The van der Waals surface area contributed by atoms with E-state index in [4.69, 9.17) is 9.15 Å². The summed E-state index contributed by atoms with van der Waals surface area (Å²) in [4.78, 5) is 0. The average Bonchev–Trinajstić information content (AvgIpc) is 2.83. The van der Waals surface area contributed by atoms with E-state index in [0.717, 1.165) is 5.39 Å². The molecule has 0 fully saturated rings. The summed E-state index contributed by atoms with van der Waals surface area (Å²) in [5.74, 6) is 0.957. The SMILES string of the molecule is Oc1cccc2cc(COc3ccc(F)cc3)oc12. The van der Waals surface area contributed by atoms with Crippen LogP contribution in [0.5, 0.6) is 11.5 Å². The smallest absolute Gasteiger partial charge is 0.176 e. The van der Waals surface area contributed by atoms with Crippen molar-refractivity contribution >= 4 is 11.0 Å². The Labute approximate surface area is 108 Å². The van der Waals surface area contributed by atoms with Crippen LogP contribution < -0.4 is 4.74 Å². The third-order valence-electron chi connectivity index (χ3n) is 2.77. The molecule has 4 heteroatoms. The first-order valence-corrected chi connectivity index (χ1v) is 5.81. The lowest BCUT2D eigenvalue weighted by molar-refractivity contribution is 0.273. The Bertz CT molecular complexity index is 701. The Morgan fingerprint density at radius 2 is 1.89 bits per heavy atom. The molecular formula is C15H11FO3. The Morgan fingerprint density at radius 3 is 2.63 bits per heavy atom. The molecule has 0 atom stereocenters. The molecule has 19 heavy (non-hydrogen) atoms. The van der Waals surface area contributed by atoms with Crippen molar-refractivity contribution in [2.75, 3.05) is 0 Å². The molecule has 96 valence electrons. The number of phenolic OH excluding ortho intramolecular Hbond substituents is 1. The molecule has 1 N–H and O–H groups in total. The highest BCUT2D eigenvalue weighted by molar-refractivity contribution is 5.83. The Hall–Kier alpha value is -2.49. The Morgan fingerprint density at radius 1 is 1.11 bits per heavy atom. The van der Waals surface area contributed by atoms with Crippen LogP contribution >= 0.6 is 0 Å². The van der Waals surface area contributed by atoms with Gasteiger partial charge >= 0.3 is 0 Å². The van der Waals surface area contributed by atoms with Crippen LogP contribution in [-0.2, 0) is 6.61 Å². The molecule has 2 aromatic carbocycles. The fourth-order valence-corrected chi connectivity index (χ4v) is 1.86. The minimum absolute atomic E-state index is 0.102. The molecule has 3 rings (SSSR count). The second-order valence-corrected chi connectivity index (χ2v) is 4.15. The summed E-state index contributed by atoms with van der Waals surface area (Å²) in [6.07, 6.45) is 0. The topological polar surface area (TPSA) is 42.6 Å². The summed E-state index contributed by atoms with van der Waals surface area (Å²) in [6, 6.07) is 12.7. The molecule has 0 saturated heterocycles. The van der Waals surface area contributed by atoms with Gasteiger partial charge in [-0.3, -0.25) is 0 Å². The van der Waals surface area contributed by atoms with Crippen LogP contribution in [0.3, 0.4) is 0 Å². The molecule has 1 aromatic heterocycles. The van der Waals surface area contributed by atoms with E-state index < -0.39 is 0 Å². The number of aromatic hydroxyl groups is 1. The number of hydrogen-bond donors (Lipinski definition) is 1. The summed E-state index contributed by atoms with van der Waals surface area (Å²) in [6.45, 7) is 0.222. The molecular weight excluding hydrogens is 247 g/mol. The number of rotatable bonds is 3. The summed E-state index contributed by atoms with van der Waals surface area (Å²) < 4.78 is 23.7. The van der Waals surface area contributed by atoms with Crippen molar-refractivity contribution < 1.29 is 18.7 Å². The van der Waals surface area contributed by atoms with Gasteiger partial charge < -0.3 is 14.3 Å². The average molecular weight is 258 g/mol. The van der Waals surface area contributed by atoms with Gasteiger partial charge in [0.15, 0.2) is 11.3 Å². The van der Waals surface area contributed by atoms with Crippen molar-refractivity contribution in [2.24, 2.45) is 0 Å². The van der Waals surface area contributed by atoms with E-state index in [1.165, 1.54) is 12.1 Å². The van der Waals surface area contributed by atoms with Gasteiger partial charge in [-0.15, -0.1) is 0 Å². The zero-order valence-electron chi connectivity index (χ0n) is 9.97. The first-order chi connectivity index (χ1) is 9.22. The molecule has 0 aliphatic rings. The quantitative estimate of drug-likeness (QED) is 0.775. The highest BCUT2D eigenvalue weighted by Crippen LogP contribution is 2.28. The summed E-state index contributed by atoms with van der Waals surface area (Å²) in [5.41, 5.74) is 0.445. The third-order valence-corrected chi connectivity index (χ3v) is 2.77. The van der Waals surface area contributed by atoms with Crippen LogP contribution in [0.15, 0.2) is 52.9 Å². The van der Waals surface area contributed by atoms with E-state index in [0.29, 0.717) is 17.1 Å². The number of para-hydroxylation sites is 1. The van der Waals surface area contributed by atoms with E-state index in [1.54, 1.807) is 30.3 Å². The van der Waals surface area contributed by atoms with Crippen molar-refractivity contribution in [1.29, 1.82) is 0 Å². The summed E-state index contributed by atoms with van der Waals surface area (Å²) in [7, 11) is 0. The van der Waals surface area contributed by atoms with E-state index in [2.05, 4.69) is 0 Å². The van der Waals surface area contributed by atoms with Crippen LogP contribution in [0.1, 0.15) is 5.76 Å². The van der Waals surface area contributed by atoms with Gasteiger partial charge in [-0.25, -0.2) is 4.39 Å². The van der Waals surface area contributed by atoms with Gasteiger partial charge in [0.2, 0.25) is 0 Å². The fourth-order valence-electron chi connectivity index (χ4n) is 1.86. The minimum atomic E-state index is -0.305. The number of hydrogen-bond acceptors (Lipinski definition) is 3. The first-order valence-electron chi connectivity index (χ1n) is 5.81. The highest BCUT2D eigenvalue weighted by Gasteiger charge is 2.07. The molecule has 3 aromatic rings. The maximum absolute atomic E-state index is 12.7. The second kappa shape index (κ2) is 4.65. The standard InChI is InChI=1S/C15H11FO3/c16-11-4-6-12(7-5-11)18-9-13-8-10-2-1-3-14(17)15(10)19-13/h1-8,17H,9H2. The van der Waals surface area contributed by atoms with Gasteiger partial charge in [0.05, 0.1) is 0 Å². The van der Waals surface area contributed by atoms with Crippen molar-refractivity contribution in [2.45, 2.75) is 6.61 Å². The van der Waals surface area contributed by atoms with Crippen molar-refractivity contribution in [3.8, 4) is 11.5 Å². The van der Waals surface area contributed by atoms with E-state index in [9.17, 15) is 9.50 Å². The highest BCUT2D eigenvalue weighted by atomic mass is 19.1.